The Bertz CT molecular complexity index is 354. The van der Waals surface area contributed by atoms with Gasteiger partial charge in [-0.1, -0.05) is 5.46 Å². The summed E-state index contributed by atoms with van der Waals surface area (Å²) in [5.41, 5.74) is -1.27. The number of benzene rings is 1. The third-order valence-electron chi connectivity index (χ3n) is 1.63. The normalized spacial score (nSPS) is 10.8. The van der Waals surface area contributed by atoms with E-state index in [0.29, 0.717) is 6.07 Å². The second-order valence-electron chi connectivity index (χ2n) is 2.58. The first-order valence-electron chi connectivity index (χ1n) is 3.59. The minimum Gasteiger partial charge on any atom is -0.500 e. The molecule has 0 aliphatic rings. The number of ether oxygens (including phenoxy) is 1. The van der Waals surface area contributed by atoms with Crippen molar-refractivity contribution in [2.75, 3.05) is 7.11 Å². The molecule has 1 nitrogen and oxygen atoms in total. The molecule has 0 heterocycles. The summed E-state index contributed by atoms with van der Waals surface area (Å²) >= 11 is 0. The van der Waals surface area contributed by atoms with Crippen molar-refractivity contribution in [3.8, 4) is 5.75 Å². The molecular formula is C7H5BF5KO. The predicted molar refractivity (Wildman–Crippen MR) is 41.6 cm³/mol. The zero-order chi connectivity index (χ0) is 10.9. The van der Waals surface area contributed by atoms with Crippen LogP contribution < -0.4 is 61.6 Å². The average Bonchev–Trinajstić information content (AvgIpc) is 2.07. The van der Waals surface area contributed by atoms with Crippen molar-refractivity contribution in [2.24, 2.45) is 0 Å². The third kappa shape index (κ3) is 3.70. The van der Waals surface area contributed by atoms with Crippen LogP contribution in [0.1, 0.15) is 0 Å². The van der Waals surface area contributed by atoms with Gasteiger partial charge in [0.05, 0.1) is 12.9 Å². The van der Waals surface area contributed by atoms with Crippen LogP contribution >= 0.6 is 0 Å². The minimum absolute atomic E-state index is 0. The molecule has 1 aromatic rings. The van der Waals surface area contributed by atoms with Gasteiger partial charge in [0.2, 0.25) is 0 Å². The summed E-state index contributed by atoms with van der Waals surface area (Å²) in [5, 5.41) is 0. The molecule has 0 spiro atoms. The Morgan fingerprint density at radius 2 is 1.53 bits per heavy atom. The second-order valence-corrected chi connectivity index (χ2v) is 2.58. The molecule has 0 unspecified atom stereocenters. The van der Waals surface area contributed by atoms with Crippen LogP contribution in [0.15, 0.2) is 12.1 Å². The van der Waals surface area contributed by atoms with Crippen LogP contribution in [0, 0.1) is 11.6 Å². The van der Waals surface area contributed by atoms with E-state index in [2.05, 4.69) is 4.74 Å². The zero-order valence-corrected chi connectivity index (χ0v) is 11.2. The number of rotatable bonds is 2. The fraction of sp³-hybridized carbons (Fsp3) is 0.143. The third-order valence-corrected chi connectivity index (χ3v) is 1.63. The summed E-state index contributed by atoms with van der Waals surface area (Å²) in [5.74, 6) is -3.62. The van der Waals surface area contributed by atoms with E-state index >= 15 is 0 Å². The fourth-order valence-corrected chi connectivity index (χ4v) is 0.977. The second kappa shape index (κ2) is 5.63. The standard InChI is InChI=1S/C7H5BF5O.K/c1-14-7-3-6(10)5(9)2-4(7)8(11,12)13;/h2-3H,1H3;/q-1;+1. The van der Waals surface area contributed by atoms with E-state index in [1.165, 1.54) is 0 Å². The van der Waals surface area contributed by atoms with Crippen molar-refractivity contribution in [3.05, 3.63) is 23.8 Å². The molecule has 0 fully saturated rings. The SMILES string of the molecule is COc1cc(F)c(F)cc1[B-](F)(F)F.[K+]. The van der Waals surface area contributed by atoms with Gasteiger partial charge in [-0.25, -0.2) is 8.78 Å². The van der Waals surface area contributed by atoms with Gasteiger partial charge in [-0.05, 0) is 6.07 Å². The maximum Gasteiger partial charge on any atom is 1.00 e. The first-order valence-corrected chi connectivity index (χ1v) is 3.59. The Morgan fingerprint density at radius 1 is 1.07 bits per heavy atom. The molecule has 0 aromatic heterocycles. The molecule has 1 aromatic carbocycles. The molecule has 0 saturated heterocycles. The quantitative estimate of drug-likeness (QED) is 0.485. The van der Waals surface area contributed by atoms with Gasteiger partial charge in [0.25, 0.3) is 0 Å². The summed E-state index contributed by atoms with van der Waals surface area (Å²) < 4.78 is 66.0. The Kier molecular flexibility index (Phi) is 5.77. The summed E-state index contributed by atoms with van der Waals surface area (Å²) in [4.78, 5) is 0. The van der Waals surface area contributed by atoms with Crippen molar-refractivity contribution in [3.63, 3.8) is 0 Å². The van der Waals surface area contributed by atoms with Gasteiger partial charge < -0.3 is 17.7 Å². The molecule has 0 aliphatic heterocycles. The smallest absolute Gasteiger partial charge is 0.500 e. The molecule has 0 radical (unpaired) electrons. The largest absolute Gasteiger partial charge is 1.00 e. The minimum atomic E-state index is -5.40. The Morgan fingerprint density at radius 3 is 1.93 bits per heavy atom. The molecule has 0 amide bonds. The predicted octanol–water partition coefficient (Wildman–Crippen LogP) is -0.968. The van der Waals surface area contributed by atoms with E-state index in [1.807, 2.05) is 0 Å². The summed E-state index contributed by atoms with van der Waals surface area (Å²) in [6, 6.07) is 0.466. The Balaban J connectivity index is 0.00000196. The van der Waals surface area contributed by atoms with Crippen molar-refractivity contribution >= 4 is 12.4 Å². The maximum atomic E-state index is 12.5. The van der Waals surface area contributed by atoms with E-state index in [9.17, 15) is 21.7 Å². The van der Waals surface area contributed by atoms with Crippen LogP contribution in [0.4, 0.5) is 21.7 Å². The molecule has 0 bridgehead atoms. The van der Waals surface area contributed by atoms with Gasteiger partial charge in [-0.2, -0.15) is 0 Å². The maximum absolute atomic E-state index is 12.5. The fourth-order valence-electron chi connectivity index (χ4n) is 0.977. The van der Waals surface area contributed by atoms with Crippen molar-refractivity contribution in [2.45, 2.75) is 0 Å². The monoisotopic (exact) mass is 250 g/mol. The Labute approximate surface area is 125 Å². The van der Waals surface area contributed by atoms with Gasteiger partial charge in [-0.3, -0.25) is 0 Å². The van der Waals surface area contributed by atoms with Crippen LogP contribution in [0.2, 0.25) is 0 Å². The molecule has 0 aliphatic carbocycles. The number of halogens is 5. The number of methoxy groups -OCH3 is 1. The van der Waals surface area contributed by atoms with E-state index in [4.69, 9.17) is 0 Å². The number of hydrogen-bond donors (Lipinski definition) is 0. The van der Waals surface area contributed by atoms with Gasteiger partial charge in [0.15, 0.2) is 11.6 Å². The van der Waals surface area contributed by atoms with Crippen molar-refractivity contribution < 1.29 is 77.8 Å². The average molecular weight is 250 g/mol. The summed E-state index contributed by atoms with van der Waals surface area (Å²) in [6.07, 6.45) is 0. The molecule has 15 heavy (non-hydrogen) atoms. The van der Waals surface area contributed by atoms with Crippen LogP contribution in [0.5, 0.6) is 5.75 Å². The van der Waals surface area contributed by atoms with E-state index in [-0.39, 0.29) is 57.5 Å². The van der Waals surface area contributed by atoms with Crippen molar-refractivity contribution in [1.29, 1.82) is 0 Å². The molecule has 8 heteroatoms. The zero-order valence-electron chi connectivity index (χ0n) is 8.03. The first kappa shape index (κ1) is 15.4. The van der Waals surface area contributed by atoms with Crippen molar-refractivity contribution in [1.82, 2.24) is 0 Å². The van der Waals surface area contributed by atoms with Gasteiger partial charge in [0.1, 0.15) is 0 Å². The molecule has 1 rings (SSSR count). The van der Waals surface area contributed by atoms with Crippen LogP contribution in [-0.4, -0.2) is 14.1 Å². The topological polar surface area (TPSA) is 9.23 Å². The van der Waals surface area contributed by atoms with E-state index in [1.54, 1.807) is 0 Å². The molecule has 78 valence electrons. The molecule has 0 atom stereocenters. The molecular weight excluding hydrogens is 245 g/mol. The van der Waals surface area contributed by atoms with Gasteiger partial charge in [0, 0.05) is 6.07 Å². The van der Waals surface area contributed by atoms with Gasteiger partial charge in [-0.15, -0.1) is 0 Å². The summed E-state index contributed by atoms with van der Waals surface area (Å²) in [6.45, 7) is -5.40. The van der Waals surface area contributed by atoms with Crippen LogP contribution in [-0.2, 0) is 0 Å². The summed E-state index contributed by atoms with van der Waals surface area (Å²) in [7, 11) is 0.956. The molecule has 0 saturated carbocycles. The van der Waals surface area contributed by atoms with Crippen LogP contribution in [0.25, 0.3) is 0 Å². The number of hydrogen-bond acceptors (Lipinski definition) is 1. The van der Waals surface area contributed by atoms with E-state index < -0.39 is 29.8 Å². The molecule has 0 N–H and O–H groups in total. The van der Waals surface area contributed by atoms with Crippen LogP contribution in [0.3, 0.4) is 0 Å². The Hall–Kier alpha value is 0.371. The van der Waals surface area contributed by atoms with E-state index in [0.717, 1.165) is 7.11 Å². The first-order chi connectivity index (χ1) is 6.36. The van der Waals surface area contributed by atoms with Gasteiger partial charge >= 0.3 is 58.4 Å².